The minimum Gasteiger partial charge on any atom is -0.392 e. The second-order valence-corrected chi connectivity index (χ2v) is 14.3. The number of anilines is 3. The quantitative estimate of drug-likeness (QED) is 0.263. The normalized spacial score (nSPS) is 19.8. The molecule has 50 heavy (non-hydrogen) atoms. The minimum absolute atomic E-state index is 0. The molecule has 0 unspecified atom stereocenters. The monoisotopic (exact) mass is 697 g/mol. The molecule has 5 aromatic rings. The van der Waals surface area contributed by atoms with E-state index >= 15 is 0 Å². The summed E-state index contributed by atoms with van der Waals surface area (Å²) in [6.45, 7) is 9.52. The van der Waals surface area contributed by atoms with Gasteiger partial charge in [0.15, 0.2) is 0 Å². The molecule has 2 aliphatic heterocycles. The summed E-state index contributed by atoms with van der Waals surface area (Å²) in [6.07, 6.45) is 10.6. The lowest BCUT2D eigenvalue weighted by Crippen LogP contribution is -2.59. The summed E-state index contributed by atoms with van der Waals surface area (Å²) in [6, 6.07) is 8.95. The molecular formula is C37H44N8O4S. The maximum absolute atomic E-state index is 13.8. The van der Waals surface area contributed by atoms with Crippen LogP contribution in [0.2, 0.25) is 0 Å². The second kappa shape index (κ2) is 13.0. The van der Waals surface area contributed by atoms with Crippen LogP contribution in [-0.2, 0) is 31.2 Å². The van der Waals surface area contributed by atoms with Crippen LogP contribution in [0.15, 0.2) is 70.9 Å². The molecule has 0 saturated carbocycles. The Bertz CT molecular complexity index is 2240. The number of rotatable bonds is 7. The molecule has 0 bridgehead atoms. The summed E-state index contributed by atoms with van der Waals surface area (Å²) >= 11 is 0. The molecule has 7 heterocycles. The summed E-state index contributed by atoms with van der Waals surface area (Å²) in [5.74, 6) is 0.861. The Balaban J connectivity index is 0.00000406. The van der Waals surface area contributed by atoms with E-state index < -0.39 is 6.02 Å². The highest BCUT2D eigenvalue weighted by atomic mass is 32.1. The van der Waals surface area contributed by atoms with Crippen molar-refractivity contribution in [3.05, 3.63) is 98.8 Å². The fraction of sp³-hybridized carbons (Fsp3) is 0.405. The first kappa shape index (κ1) is 32.8. The highest BCUT2D eigenvalue weighted by Crippen LogP contribution is 2.37. The molecule has 12 nitrogen and oxygen atoms in total. The van der Waals surface area contributed by atoms with Gasteiger partial charge in [0.25, 0.3) is 11.1 Å². The first-order valence-electron chi connectivity index (χ1n) is 17.3. The van der Waals surface area contributed by atoms with Crippen molar-refractivity contribution in [1.29, 1.82) is 0 Å². The third kappa shape index (κ3) is 5.91. The van der Waals surface area contributed by atoms with Gasteiger partial charge in [-0.15, -0.1) is 0 Å². The van der Waals surface area contributed by atoms with Gasteiger partial charge in [0.1, 0.15) is 22.8 Å². The van der Waals surface area contributed by atoms with Crippen LogP contribution in [-0.4, -0.2) is 78.4 Å². The molecule has 13 heteroatoms. The zero-order chi connectivity index (χ0) is 34.9. The van der Waals surface area contributed by atoms with Gasteiger partial charge in [0.2, 0.25) is 0 Å². The number of aromatic nitrogens is 5. The number of nitrogens with one attached hydrogen (secondary N) is 1. The number of hydrogen-bond donors (Lipinski definition) is 2. The smallest absolute Gasteiger partial charge is 0.280 e. The van der Waals surface area contributed by atoms with Crippen molar-refractivity contribution in [2.24, 2.45) is 12.5 Å². The van der Waals surface area contributed by atoms with Crippen LogP contribution in [0.3, 0.4) is 0 Å². The topological polar surface area (TPSA) is 122 Å². The van der Waals surface area contributed by atoms with Crippen LogP contribution in [0, 0.1) is 5.41 Å². The number of aliphatic hydroxyl groups is 1. The molecule has 5 aromatic heterocycles. The molecule has 2 N–H and O–H groups in total. The number of aliphatic hydroxyl groups excluding tert-OH is 1. The Kier molecular flexibility index (Phi) is 8.54. The van der Waals surface area contributed by atoms with E-state index in [2.05, 4.69) is 45.9 Å². The Morgan fingerprint density at radius 1 is 1.08 bits per heavy atom. The van der Waals surface area contributed by atoms with Gasteiger partial charge in [-0.05, 0) is 66.6 Å². The van der Waals surface area contributed by atoms with Crippen LogP contribution in [0.1, 0.15) is 39.0 Å². The molecule has 8 rings (SSSR count). The fourth-order valence-electron chi connectivity index (χ4n) is 7.66. The zero-order valence-electron chi connectivity index (χ0n) is 29.8. The molecule has 1 atom stereocenters. The van der Waals surface area contributed by atoms with Gasteiger partial charge in [0, 0.05) is 74.3 Å². The van der Waals surface area contributed by atoms with Crippen LogP contribution in [0.25, 0.3) is 22.5 Å². The zero-order valence-corrected chi connectivity index (χ0v) is 29.8. The third-order valence-electron chi connectivity index (χ3n) is 10.2. The van der Waals surface area contributed by atoms with Crippen LogP contribution in [0.5, 0.6) is 0 Å². The summed E-state index contributed by atoms with van der Waals surface area (Å²) in [4.78, 5) is 40.8. The number of ether oxygens (including phenoxy) is 1. The van der Waals surface area contributed by atoms with Crippen LogP contribution < -0.4 is 21.3 Å². The standard InChI is InChI=1S/C37H42N8O4.H2S/c1-23-18-42(27-21-49-22-27)9-10-43(23)26-5-6-33(39-17-26)40-30-13-25(19-41(4)35(30)47)28-7-8-38-34(29(28)20-46)45-12-11-44-31(36(45)48)14-24-15-37(2,3)16-32(24)44;/h5-8,11-14,17,19,23,27,46H,9-10,15-16,18,20-22H2,1-4H3,(H,39,40);1H2/t23-;/m0./s1/i27D;. The molecule has 0 radical (unpaired) electrons. The summed E-state index contributed by atoms with van der Waals surface area (Å²) in [7, 11) is 1.68. The highest BCUT2D eigenvalue weighted by molar-refractivity contribution is 7.59. The predicted molar refractivity (Wildman–Crippen MR) is 199 cm³/mol. The number of pyridine rings is 3. The second-order valence-electron chi connectivity index (χ2n) is 14.3. The number of piperazine rings is 1. The Labute approximate surface area is 298 Å². The van der Waals surface area contributed by atoms with Gasteiger partial charge in [-0.1, -0.05) is 13.8 Å². The van der Waals surface area contributed by atoms with E-state index in [1.807, 2.05) is 28.8 Å². The van der Waals surface area contributed by atoms with Crippen LogP contribution in [0.4, 0.5) is 17.2 Å². The van der Waals surface area contributed by atoms with Crippen molar-refractivity contribution in [2.75, 3.05) is 43.1 Å². The van der Waals surface area contributed by atoms with Gasteiger partial charge >= 0.3 is 0 Å². The van der Waals surface area contributed by atoms with Crippen molar-refractivity contribution in [3.63, 3.8) is 0 Å². The molecule has 2 fully saturated rings. The summed E-state index contributed by atoms with van der Waals surface area (Å²) in [5, 5.41) is 13.9. The first-order valence-corrected chi connectivity index (χ1v) is 16.8. The average Bonchev–Trinajstić information content (AvgIpc) is 3.58. The molecule has 0 aromatic carbocycles. The predicted octanol–water partition coefficient (Wildman–Crippen LogP) is 3.63. The van der Waals surface area contributed by atoms with Crippen molar-refractivity contribution < 1.29 is 11.2 Å². The number of fused-ring (bicyclic) bond motifs is 3. The van der Waals surface area contributed by atoms with Crippen molar-refractivity contribution in [3.8, 4) is 16.9 Å². The van der Waals surface area contributed by atoms with Crippen molar-refractivity contribution >= 4 is 36.2 Å². The summed E-state index contributed by atoms with van der Waals surface area (Å²) in [5.41, 5.74) is 5.77. The van der Waals surface area contributed by atoms with Gasteiger partial charge in [-0.25, -0.2) is 9.97 Å². The number of nitrogens with zero attached hydrogens (tertiary/aromatic N) is 7. The molecule has 1 aliphatic carbocycles. The van der Waals surface area contributed by atoms with E-state index in [-0.39, 0.29) is 42.7 Å². The Morgan fingerprint density at radius 2 is 1.90 bits per heavy atom. The maximum Gasteiger partial charge on any atom is 0.280 e. The minimum atomic E-state index is -0.615. The molecule has 0 spiro atoms. The number of hydrogen-bond acceptors (Lipinski definition) is 9. The SMILES string of the molecule is S.[2H]C1(N2CCN(c3ccc(Nc4cc(-c5ccnc(-n6ccn7c8c(cc7c6=O)CC(C)(C)C8)c5CO)cn(C)c4=O)nc3)[C@@H](C)C2)COC1. The van der Waals surface area contributed by atoms with Gasteiger partial charge < -0.3 is 29.0 Å². The maximum atomic E-state index is 13.8. The third-order valence-corrected chi connectivity index (χ3v) is 10.2. The lowest BCUT2D eigenvalue weighted by atomic mass is 9.90. The average molecular weight is 698 g/mol. The molecule has 262 valence electrons. The molecule has 2 saturated heterocycles. The van der Waals surface area contributed by atoms with Crippen molar-refractivity contribution in [1.82, 2.24) is 28.4 Å². The van der Waals surface area contributed by atoms with Crippen molar-refractivity contribution in [2.45, 2.75) is 52.3 Å². The molecule has 0 amide bonds. The lowest BCUT2D eigenvalue weighted by Gasteiger charge is -2.46. The highest BCUT2D eigenvalue weighted by Gasteiger charge is 2.33. The molecule has 3 aliphatic rings. The Morgan fingerprint density at radius 3 is 2.60 bits per heavy atom. The fourth-order valence-corrected chi connectivity index (χ4v) is 7.66. The van der Waals surface area contributed by atoms with E-state index in [1.54, 1.807) is 44.0 Å². The number of aryl methyl sites for hydroxylation is 1. The van der Waals surface area contributed by atoms with E-state index in [0.717, 1.165) is 38.2 Å². The van der Waals surface area contributed by atoms with Gasteiger partial charge in [-0.2, -0.15) is 13.5 Å². The largest absolute Gasteiger partial charge is 0.392 e. The Hall–Kier alpha value is -4.43. The molecular weight excluding hydrogens is 653 g/mol. The van der Waals surface area contributed by atoms with Gasteiger partial charge in [0.05, 0.1) is 39.1 Å². The van der Waals surface area contributed by atoms with Crippen LogP contribution >= 0.6 is 13.5 Å². The van der Waals surface area contributed by atoms with E-state index in [4.69, 9.17) is 6.11 Å². The van der Waals surface area contributed by atoms with E-state index in [1.165, 1.54) is 20.4 Å². The van der Waals surface area contributed by atoms with E-state index in [0.29, 0.717) is 52.7 Å². The van der Waals surface area contributed by atoms with E-state index in [9.17, 15) is 14.7 Å². The summed E-state index contributed by atoms with van der Waals surface area (Å²) < 4.78 is 18.9. The van der Waals surface area contributed by atoms with Gasteiger partial charge in [-0.3, -0.25) is 19.1 Å². The first-order chi connectivity index (χ1) is 23.9. The lowest BCUT2D eigenvalue weighted by molar-refractivity contribution is -0.0691.